The van der Waals surface area contributed by atoms with Gasteiger partial charge in [-0.05, 0) is 142 Å². The van der Waals surface area contributed by atoms with E-state index in [0.29, 0.717) is 24.0 Å². The average molecular weight is 718 g/mol. The van der Waals surface area contributed by atoms with Crippen molar-refractivity contribution in [2.45, 2.75) is 158 Å². The monoisotopic (exact) mass is 718 g/mol. The molecule has 5 aliphatic rings. The second-order valence-corrected chi connectivity index (χ2v) is 20.1. The molecule has 1 heterocycles. The summed E-state index contributed by atoms with van der Waals surface area (Å²) in [4.78, 5) is 43.5. The Kier molecular flexibility index (Phi) is 9.80. The molecule has 9 atom stereocenters. The van der Waals surface area contributed by atoms with Crippen molar-refractivity contribution in [1.82, 2.24) is 10.3 Å². The molecule has 0 aromatic carbocycles. The van der Waals surface area contributed by atoms with Crippen molar-refractivity contribution in [3.63, 3.8) is 0 Å². The number of nitrogens with zero attached hydrogens (tertiary/aromatic N) is 1. The van der Waals surface area contributed by atoms with E-state index < -0.39 is 22.9 Å². The van der Waals surface area contributed by atoms with Crippen LogP contribution in [0.5, 0.6) is 0 Å². The number of pyridine rings is 1. The zero-order valence-corrected chi connectivity index (χ0v) is 33.8. The van der Waals surface area contributed by atoms with Crippen molar-refractivity contribution in [3.05, 3.63) is 41.2 Å². The summed E-state index contributed by atoms with van der Waals surface area (Å²) in [5.41, 5.74) is 9.06. The summed E-state index contributed by atoms with van der Waals surface area (Å²) < 4.78 is 6.18. The van der Waals surface area contributed by atoms with Gasteiger partial charge in [-0.3, -0.25) is 19.4 Å². The number of hydrogen-bond donors (Lipinski definition) is 3. The van der Waals surface area contributed by atoms with Crippen LogP contribution in [0.2, 0.25) is 0 Å². The number of nitrogens with one attached hydrogen (secondary N) is 1. The Labute approximate surface area is 312 Å². The summed E-state index contributed by atoms with van der Waals surface area (Å²) in [7, 11) is 0. The number of Topliss-reactive ketones (excluding diaryl/α,β-unsaturated/α-hetero) is 1. The first-order chi connectivity index (χ1) is 24.1. The van der Waals surface area contributed by atoms with Crippen LogP contribution in [0.25, 0.3) is 0 Å². The Hall–Kier alpha value is -2.58. The van der Waals surface area contributed by atoms with Gasteiger partial charge >= 0.3 is 11.9 Å². The van der Waals surface area contributed by atoms with Gasteiger partial charge in [0.25, 0.3) is 0 Å². The number of carbonyl (C=O) groups is 3. The second kappa shape index (κ2) is 13.0. The van der Waals surface area contributed by atoms with Crippen LogP contribution >= 0.6 is 0 Å². The highest BCUT2D eigenvalue weighted by molar-refractivity contribution is 6.01. The normalized spacial score (nSPS) is 38.9. The van der Waals surface area contributed by atoms with Gasteiger partial charge in [0.1, 0.15) is 6.10 Å². The lowest BCUT2D eigenvalue weighted by molar-refractivity contribution is -0.237. The molecule has 0 radical (unpaired) electrons. The minimum Gasteiger partial charge on any atom is -0.481 e. The first-order valence-electron chi connectivity index (χ1n) is 20.2. The molecule has 0 saturated heterocycles. The number of aromatic nitrogens is 1. The number of rotatable bonds is 10. The number of esters is 1. The summed E-state index contributed by atoms with van der Waals surface area (Å²) in [5, 5.41) is 13.4. The fourth-order valence-electron chi connectivity index (χ4n) is 13.3. The Bertz CT molecular complexity index is 1620. The topological polar surface area (TPSA) is 132 Å². The molecule has 4 saturated carbocycles. The number of allylic oxidation sites excluding steroid dienone is 1. The van der Waals surface area contributed by atoms with Gasteiger partial charge in [-0.15, -0.1) is 0 Å². The molecular formula is C44H67N3O5. The van der Waals surface area contributed by atoms with E-state index in [1.165, 1.54) is 5.57 Å². The summed E-state index contributed by atoms with van der Waals surface area (Å²) >= 11 is 0. The van der Waals surface area contributed by atoms with Crippen molar-refractivity contribution < 1.29 is 24.2 Å². The van der Waals surface area contributed by atoms with E-state index >= 15 is 0 Å². The van der Waals surface area contributed by atoms with E-state index in [0.717, 1.165) is 75.6 Å². The van der Waals surface area contributed by atoms with Gasteiger partial charge in [0.2, 0.25) is 0 Å². The average Bonchev–Trinajstić information content (AvgIpc) is 3.37. The van der Waals surface area contributed by atoms with Gasteiger partial charge in [0.15, 0.2) is 5.78 Å². The van der Waals surface area contributed by atoms with Gasteiger partial charge < -0.3 is 20.9 Å². The highest BCUT2D eigenvalue weighted by Gasteiger charge is 2.73. The Morgan fingerprint density at radius 2 is 1.69 bits per heavy atom. The lowest BCUT2D eigenvalue weighted by Gasteiger charge is -2.74. The van der Waals surface area contributed by atoms with Gasteiger partial charge in [-0.1, -0.05) is 54.5 Å². The van der Waals surface area contributed by atoms with Crippen LogP contribution in [0.15, 0.2) is 35.5 Å². The molecule has 8 nitrogen and oxygen atoms in total. The van der Waals surface area contributed by atoms with Crippen LogP contribution in [-0.4, -0.2) is 46.0 Å². The summed E-state index contributed by atoms with van der Waals surface area (Å²) in [6.07, 6.45) is 10.7. The maximum absolute atomic E-state index is 14.1. The van der Waals surface area contributed by atoms with Crippen LogP contribution in [0.1, 0.15) is 152 Å². The standard InChI is InChI=1S/C44H67N3O5/c1-27(2)35-30(48)25-43(22-24-46-28(3)29-13-11-12-23-47-29)21-20-42(10)41(9)18-14-31-39(6,7)33(52-34(49)26-38(4,5)37(50)51)16-17-40(31,8)32(41)15-19-44(42,45)36(35)43/h11-13,23,27-28,31-33,46H,14-22,24-26,45H2,1-10H3,(H,50,51)/t28-,31+,32-,33+,40+,41-,42+,43-,44?/m1/s1. The van der Waals surface area contributed by atoms with Crippen molar-refractivity contribution in [2.75, 3.05) is 6.54 Å². The maximum Gasteiger partial charge on any atom is 0.309 e. The number of carbonyl (C=O) groups excluding carboxylic acids is 2. The van der Waals surface area contributed by atoms with E-state index in [-0.39, 0.29) is 51.6 Å². The number of hydrogen-bond acceptors (Lipinski definition) is 7. The highest BCUT2D eigenvalue weighted by atomic mass is 16.5. The first-order valence-corrected chi connectivity index (χ1v) is 20.2. The van der Waals surface area contributed by atoms with E-state index in [2.05, 4.69) is 71.8 Å². The molecule has 1 unspecified atom stereocenters. The molecular weight excluding hydrogens is 651 g/mol. The lowest BCUT2D eigenvalue weighted by Crippen LogP contribution is -2.74. The number of aliphatic carboxylic acids is 1. The third-order valence-electron chi connectivity index (χ3n) is 16.4. The third kappa shape index (κ3) is 5.74. The van der Waals surface area contributed by atoms with Crippen molar-refractivity contribution >= 4 is 17.7 Å². The van der Waals surface area contributed by atoms with Crippen LogP contribution in [-0.2, 0) is 19.1 Å². The van der Waals surface area contributed by atoms with Crippen LogP contribution in [0.3, 0.4) is 0 Å². The molecule has 1 aromatic rings. The van der Waals surface area contributed by atoms with Crippen LogP contribution in [0.4, 0.5) is 0 Å². The molecule has 4 fully saturated rings. The van der Waals surface area contributed by atoms with Crippen LogP contribution in [0, 0.1) is 50.2 Å². The van der Waals surface area contributed by atoms with Crippen molar-refractivity contribution in [1.29, 1.82) is 0 Å². The maximum atomic E-state index is 14.1. The third-order valence-corrected chi connectivity index (χ3v) is 16.4. The van der Waals surface area contributed by atoms with E-state index in [1.807, 2.05) is 18.3 Å². The van der Waals surface area contributed by atoms with E-state index in [4.69, 9.17) is 10.5 Å². The van der Waals surface area contributed by atoms with E-state index in [1.54, 1.807) is 13.8 Å². The number of carboxylic acid groups (broad SMARTS) is 1. The number of fused-ring (bicyclic) bond motifs is 7. The molecule has 52 heavy (non-hydrogen) atoms. The number of carboxylic acids is 1. The fourth-order valence-corrected chi connectivity index (χ4v) is 13.3. The summed E-state index contributed by atoms with van der Waals surface area (Å²) in [6.45, 7) is 22.6. The zero-order valence-electron chi connectivity index (χ0n) is 33.8. The minimum absolute atomic E-state index is 0.0189. The predicted molar refractivity (Wildman–Crippen MR) is 204 cm³/mol. The number of ketones is 1. The first kappa shape index (κ1) is 39.1. The summed E-state index contributed by atoms with van der Waals surface area (Å²) in [5.74, 6) is -0.152. The molecule has 6 rings (SSSR count). The SMILES string of the molecule is CC(C)C1=C2C3(N)CC[C@@H]4[C@@]5(C)CC[C@H](OC(=O)CC(C)(C)C(=O)O)C(C)(C)[C@@H]5CC[C@@]4(C)[C@]3(C)CC[C@@]2(CCN[C@H](C)c2ccccn2)CC1=O. The van der Waals surface area contributed by atoms with Gasteiger partial charge in [0, 0.05) is 35.0 Å². The van der Waals surface area contributed by atoms with Crippen LogP contribution < -0.4 is 11.1 Å². The zero-order chi connectivity index (χ0) is 38.3. The molecule has 288 valence electrons. The Morgan fingerprint density at radius 1 is 1.00 bits per heavy atom. The highest BCUT2D eigenvalue weighted by Crippen LogP contribution is 2.77. The Morgan fingerprint density at radius 3 is 2.33 bits per heavy atom. The summed E-state index contributed by atoms with van der Waals surface area (Å²) in [6, 6.07) is 6.16. The quantitative estimate of drug-likeness (QED) is 0.205. The number of nitrogens with two attached hydrogens (primary N) is 1. The largest absolute Gasteiger partial charge is 0.481 e. The molecule has 4 N–H and O–H groups in total. The number of ether oxygens (including phenoxy) is 1. The molecule has 0 bridgehead atoms. The van der Waals surface area contributed by atoms with Gasteiger partial charge in [-0.2, -0.15) is 0 Å². The van der Waals surface area contributed by atoms with Crippen molar-refractivity contribution in [2.24, 2.45) is 56.0 Å². The van der Waals surface area contributed by atoms with Gasteiger partial charge in [-0.25, -0.2) is 0 Å². The second-order valence-electron chi connectivity index (χ2n) is 20.1. The minimum atomic E-state index is -1.16. The Balaban J connectivity index is 1.28. The van der Waals surface area contributed by atoms with Crippen molar-refractivity contribution in [3.8, 4) is 0 Å². The smallest absolute Gasteiger partial charge is 0.309 e. The molecule has 5 aliphatic carbocycles. The fraction of sp³-hybridized carbons (Fsp3) is 0.773. The lowest BCUT2D eigenvalue weighted by atomic mass is 9.31. The van der Waals surface area contributed by atoms with E-state index in [9.17, 15) is 19.5 Å². The van der Waals surface area contributed by atoms with Gasteiger partial charge in [0.05, 0.1) is 17.5 Å². The molecule has 1 aromatic heterocycles. The molecule has 0 aliphatic heterocycles. The molecule has 0 spiro atoms. The molecule has 8 heteroatoms. The predicted octanol–water partition coefficient (Wildman–Crippen LogP) is 8.60. The molecule has 0 amide bonds.